The molecule has 0 aliphatic rings. The Morgan fingerprint density at radius 2 is 2.25 bits per heavy atom. The van der Waals surface area contributed by atoms with Crippen molar-refractivity contribution in [3.8, 4) is 0 Å². The third kappa shape index (κ3) is 2.40. The fourth-order valence-electron chi connectivity index (χ4n) is 1.56. The highest BCUT2D eigenvalue weighted by molar-refractivity contribution is 7.12. The number of nitrogens with zero attached hydrogens (tertiary/aromatic N) is 1. The number of hydrogen-bond donors (Lipinski definition) is 2. The van der Waals surface area contributed by atoms with Crippen LogP contribution in [0.25, 0.3) is 0 Å². The molecule has 0 saturated carbocycles. The smallest absolute Gasteiger partial charge is 0.126 e. The molecule has 2 rings (SSSR count). The molecule has 0 aliphatic carbocycles. The average molecular weight is 234 g/mol. The lowest BCUT2D eigenvalue weighted by atomic mass is 10.1. The molecule has 0 bridgehead atoms. The minimum absolute atomic E-state index is 0.495. The van der Waals surface area contributed by atoms with Gasteiger partial charge in [-0.15, -0.1) is 11.3 Å². The lowest BCUT2D eigenvalue weighted by Crippen LogP contribution is -2.03. The summed E-state index contributed by atoms with van der Waals surface area (Å²) in [5.74, 6) is 0.495. The van der Waals surface area contributed by atoms with Gasteiger partial charge in [0.05, 0.1) is 6.10 Å². The van der Waals surface area contributed by atoms with Crippen molar-refractivity contribution in [2.75, 3.05) is 5.73 Å². The number of hydrogen-bond acceptors (Lipinski definition) is 4. The summed E-state index contributed by atoms with van der Waals surface area (Å²) in [5.41, 5.74) is 6.62. The van der Waals surface area contributed by atoms with Crippen molar-refractivity contribution >= 4 is 17.2 Å². The first-order chi connectivity index (χ1) is 7.66. The third-order valence-corrected chi connectivity index (χ3v) is 3.53. The number of nitrogen functional groups attached to an aromatic ring is 1. The summed E-state index contributed by atoms with van der Waals surface area (Å²) in [5, 5.41) is 10.0. The van der Waals surface area contributed by atoms with Crippen molar-refractivity contribution in [1.82, 2.24) is 4.98 Å². The first kappa shape index (κ1) is 11.1. The van der Waals surface area contributed by atoms with Gasteiger partial charge in [-0.3, -0.25) is 0 Å². The van der Waals surface area contributed by atoms with Crippen LogP contribution in [0.4, 0.5) is 5.82 Å². The number of nitrogens with two attached hydrogens (primary N) is 1. The number of rotatable bonds is 3. The fourth-order valence-corrected chi connectivity index (χ4v) is 2.43. The Labute approximate surface area is 98.6 Å². The Balaban J connectivity index is 2.13. The number of aromatic nitrogens is 1. The van der Waals surface area contributed by atoms with Crippen LogP contribution in [0.3, 0.4) is 0 Å². The molecule has 3 N–H and O–H groups in total. The summed E-state index contributed by atoms with van der Waals surface area (Å²) < 4.78 is 0. The van der Waals surface area contributed by atoms with Crippen LogP contribution in [0.1, 0.15) is 21.4 Å². The van der Waals surface area contributed by atoms with Crippen molar-refractivity contribution < 1.29 is 5.11 Å². The van der Waals surface area contributed by atoms with Gasteiger partial charge in [0.2, 0.25) is 0 Å². The molecule has 2 aromatic rings. The molecule has 0 amide bonds. The monoisotopic (exact) mass is 234 g/mol. The van der Waals surface area contributed by atoms with E-state index in [4.69, 9.17) is 5.73 Å². The van der Waals surface area contributed by atoms with Crippen LogP contribution in [0.5, 0.6) is 0 Å². The topological polar surface area (TPSA) is 59.1 Å². The molecule has 0 spiro atoms. The number of aliphatic hydroxyl groups is 1. The summed E-state index contributed by atoms with van der Waals surface area (Å²) in [6.45, 7) is 2.03. The van der Waals surface area contributed by atoms with Crippen LogP contribution >= 0.6 is 11.3 Å². The number of aliphatic hydroxyl groups excluding tert-OH is 1. The lowest BCUT2D eigenvalue weighted by molar-refractivity contribution is 0.182. The third-order valence-electron chi connectivity index (χ3n) is 2.43. The Hall–Kier alpha value is -1.39. The second-order valence-corrected chi connectivity index (χ2v) is 5.04. The first-order valence-corrected chi connectivity index (χ1v) is 5.92. The summed E-state index contributed by atoms with van der Waals surface area (Å²) >= 11 is 1.61. The second kappa shape index (κ2) is 4.63. The predicted molar refractivity (Wildman–Crippen MR) is 66.4 cm³/mol. The van der Waals surface area contributed by atoms with E-state index in [1.807, 2.05) is 31.2 Å². The Bertz CT molecular complexity index is 481. The van der Waals surface area contributed by atoms with Crippen molar-refractivity contribution in [3.63, 3.8) is 0 Å². The molecule has 1 atom stereocenters. The van der Waals surface area contributed by atoms with Crippen LogP contribution in [0.2, 0.25) is 0 Å². The Morgan fingerprint density at radius 1 is 1.44 bits per heavy atom. The van der Waals surface area contributed by atoms with Gasteiger partial charge in [0.15, 0.2) is 0 Å². The molecular weight excluding hydrogens is 220 g/mol. The van der Waals surface area contributed by atoms with Crippen LogP contribution in [-0.4, -0.2) is 10.1 Å². The number of pyridine rings is 1. The van der Waals surface area contributed by atoms with Crippen LogP contribution < -0.4 is 5.73 Å². The molecule has 0 aliphatic heterocycles. The fraction of sp³-hybridized carbons (Fsp3) is 0.250. The molecule has 84 valence electrons. The Kier molecular flexibility index (Phi) is 3.22. The maximum atomic E-state index is 10.0. The van der Waals surface area contributed by atoms with Crippen molar-refractivity contribution in [1.29, 1.82) is 0 Å². The molecular formula is C12H14N2OS. The van der Waals surface area contributed by atoms with Gasteiger partial charge < -0.3 is 10.8 Å². The second-order valence-electron chi connectivity index (χ2n) is 3.72. The molecule has 0 fully saturated rings. The lowest BCUT2D eigenvalue weighted by Gasteiger charge is -2.09. The van der Waals surface area contributed by atoms with E-state index in [0.717, 1.165) is 10.4 Å². The van der Waals surface area contributed by atoms with E-state index in [-0.39, 0.29) is 0 Å². The zero-order valence-corrected chi connectivity index (χ0v) is 9.87. The number of anilines is 1. The average Bonchev–Trinajstić information content (AvgIpc) is 2.68. The highest BCUT2D eigenvalue weighted by atomic mass is 32.1. The van der Waals surface area contributed by atoms with E-state index in [2.05, 4.69) is 4.98 Å². The van der Waals surface area contributed by atoms with Crippen molar-refractivity contribution in [2.45, 2.75) is 19.4 Å². The highest BCUT2D eigenvalue weighted by Crippen LogP contribution is 2.26. The summed E-state index contributed by atoms with van der Waals surface area (Å²) in [6, 6.07) is 7.69. The van der Waals surface area contributed by atoms with Crippen molar-refractivity contribution in [3.05, 3.63) is 45.8 Å². The normalized spacial score (nSPS) is 12.6. The Morgan fingerprint density at radius 3 is 2.88 bits per heavy atom. The number of aryl methyl sites for hydroxylation is 1. The van der Waals surface area contributed by atoms with E-state index < -0.39 is 6.10 Å². The van der Waals surface area contributed by atoms with Gasteiger partial charge in [-0.2, -0.15) is 0 Å². The molecule has 0 radical (unpaired) electrons. The predicted octanol–water partition coefficient (Wildman–Crippen LogP) is 2.31. The first-order valence-electron chi connectivity index (χ1n) is 5.10. The molecule has 4 heteroatoms. The largest absolute Gasteiger partial charge is 0.387 e. The molecule has 0 saturated heterocycles. The van der Waals surface area contributed by atoms with Crippen LogP contribution in [0.15, 0.2) is 30.5 Å². The highest BCUT2D eigenvalue weighted by Gasteiger charge is 2.12. The van der Waals surface area contributed by atoms with Gasteiger partial charge in [0, 0.05) is 22.4 Å². The van der Waals surface area contributed by atoms with E-state index in [1.165, 1.54) is 4.88 Å². The summed E-state index contributed by atoms with van der Waals surface area (Å²) in [4.78, 5) is 6.18. The molecule has 2 aromatic heterocycles. The van der Waals surface area contributed by atoms with Gasteiger partial charge in [-0.1, -0.05) is 6.07 Å². The van der Waals surface area contributed by atoms with E-state index in [9.17, 15) is 5.11 Å². The molecule has 16 heavy (non-hydrogen) atoms. The van der Waals surface area contributed by atoms with Gasteiger partial charge in [-0.05, 0) is 30.7 Å². The molecule has 2 heterocycles. The van der Waals surface area contributed by atoms with Gasteiger partial charge >= 0.3 is 0 Å². The standard InChI is InChI=1S/C12H14N2OS/c1-8-4-5-11(16-8)10(15)7-9-3-2-6-14-12(9)13/h2-6,10,15H,7H2,1H3,(H2,13,14). The molecule has 1 unspecified atom stereocenters. The SMILES string of the molecule is Cc1ccc(C(O)Cc2cccnc2N)s1. The maximum Gasteiger partial charge on any atom is 0.126 e. The van der Waals surface area contributed by atoms with Gasteiger partial charge in [-0.25, -0.2) is 4.98 Å². The minimum Gasteiger partial charge on any atom is -0.387 e. The van der Waals surface area contributed by atoms with Crippen LogP contribution in [-0.2, 0) is 6.42 Å². The molecule has 3 nitrogen and oxygen atoms in total. The maximum absolute atomic E-state index is 10.0. The molecule has 0 aromatic carbocycles. The van der Waals surface area contributed by atoms with E-state index in [0.29, 0.717) is 12.2 Å². The zero-order valence-electron chi connectivity index (χ0n) is 9.05. The summed E-state index contributed by atoms with van der Waals surface area (Å²) in [6.07, 6.45) is 1.67. The minimum atomic E-state index is -0.495. The quantitative estimate of drug-likeness (QED) is 0.856. The van der Waals surface area contributed by atoms with E-state index >= 15 is 0 Å². The zero-order chi connectivity index (χ0) is 11.5. The van der Waals surface area contributed by atoms with Crippen LogP contribution in [0, 0.1) is 6.92 Å². The van der Waals surface area contributed by atoms with Gasteiger partial charge in [0.25, 0.3) is 0 Å². The summed E-state index contributed by atoms with van der Waals surface area (Å²) in [7, 11) is 0. The van der Waals surface area contributed by atoms with Crippen molar-refractivity contribution in [2.24, 2.45) is 0 Å². The number of thiophene rings is 1. The van der Waals surface area contributed by atoms with Gasteiger partial charge in [0.1, 0.15) is 5.82 Å². The van der Waals surface area contributed by atoms with E-state index in [1.54, 1.807) is 17.5 Å².